The van der Waals surface area contributed by atoms with Crippen LogP contribution in [-0.2, 0) is 20.6 Å². The molecule has 1 atom stereocenters. The third-order valence-corrected chi connectivity index (χ3v) is 8.50. The van der Waals surface area contributed by atoms with E-state index in [2.05, 4.69) is 14.9 Å². The number of aryl methyl sites for hydroxylation is 1. The molecule has 12 heteroatoms. The Morgan fingerprint density at radius 3 is 2.36 bits per heavy atom. The van der Waals surface area contributed by atoms with Gasteiger partial charge in [0.15, 0.2) is 0 Å². The van der Waals surface area contributed by atoms with Crippen LogP contribution >= 0.6 is 23.5 Å². The number of nitrogens with one attached hydrogen (secondary N) is 2. The number of sulfonamides is 1. The minimum atomic E-state index is -4.05. The van der Waals surface area contributed by atoms with Crippen LogP contribution in [0.2, 0.25) is 0 Å². The molecular formula is C21H24N4O5S3. The van der Waals surface area contributed by atoms with Crippen LogP contribution < -0.4 is 10.2 Å². The first-order chi connectivity index (χ1) is 15.6. The molecule has 2 aromatic heterocycles. The Morgan fingerprint density at radius 2 is 1.79 bits per heavy atom. The van der Waals surface area contributed by atoms with Gasteiger partial charge in [0, 0.05) is 38.8 Å². The molecular weight excluding hydrogens is 484 g/mol. The summed E-state index contributed by atoms with van der Waals surface area (Å²) in [5, 5.41) is 13.1. The molecule has 0 radical (unpaired) electrons. The van der Waals surface area contributed by atoms with Crippen molar-refractivity contribution in [3.63, 3.8) is 0 Å². The summed E-state index contributed by atoms with van der Waals surface area (Å²) in [5.74, 6) is 0.180. The molecule has 0 aliphatic heterocycles. The number of hydrogen-bond acceptors (Lipinski definition) is 9. The van der Waals surface area contributed by atoms with E-state index in [0.29, 0.717) is 17.2 Å². The lowest BCUT2D eigenvalue weighted by atomic mass is 10.0. The van der Waals surface area contributed by atoms with Gasteiger partial charge in [-0.15, -0.1) is 11.8 Å². The molecule has 0 fully saturated rings. The summed E-state index contributed by atoms with van der Waals surface area (Å²) in [6, 6.07) is 10.5. The van der Waals surface area contributed by atoms with E-state index < -0.39 is 26.7 Å². The van der Waals surface area contributed by atoms with Crippen molar-refractivity contribution in [1.82, 2.24) is 20.3 Å². The van der Waals surface area contributed by atoms with Gasteiger partial charge in [0.2, 0.25) is 10.0 Å². The lowest BCUT2D eigenvalue weighted by Crippen LogP contribution is -2.55. The molecule has 1 amide bonds. The van der Waals surface area contributed by atoms with E-state index >= 15 is 0 Å². The SMILES string of the molecule is Cc1cc(CSC(C)(C)C(NS(=O)(=O)c2ccc(Sc3ccncc3)cc2)C(=O)NO)no1. The van der Waals surface area contributed by atoms with Crippen molar-refractivity contribution in [2.24, 2.45) is 0 Å². The summed E-state index contributed by atoms with van der Waals surface area (Å²) in [6.07, 6.45) is 3.36. The van der Waals surface area contributed by atoms with Crippen LogP contribution in [0.5, 0.6) is 0 Å². The maximum atomic E-state index is 13.0. The highest BCUT2D eigenvalue weighted by Crippen LogP contribution is 2.33. The van der Waals surface area contributed by atoms with Gasteiger partial charge < -0.3 is 4.52 Å². The van der Waals surface area contributed by atoms with Crippen molar-refractivity contribution < 1.29 is 22.9 Å². The molecule has 176 valence electrons. The molecule has 2 heterocycles. The minimum Gasteiger partial charge on any atom is -0.361 e. The normalized spacial score (nSPS) is 13.0. The molecule has 3 rings (SSSR count). The van der Waals surface area contributed by atoms with Crippen LogP contribution in [0.25, 0.3) is 0 Å². The third-order valence-electron chi connectivity index (χ3n) is 4.63. The summed E-state index contributed by atoms with van der Waals surface area (Å²) < 4.78 is 32.6. The Balaban J connectivity index is 1.75. The second-order valence-corrected chi connectivity index (χ2v) is 12.1. The Morgan fingerprint density at radius 1 is 1.15 bits per heavy atom. The van der Waals surface area contributed by atoms with Gasteiger partial charge in [0.05, 0.1) is 10.6 Å². The zero-order valence-corrected chi connectivity index (χ0v) is 20.6. The number of hydrogen-bond donors (Lipinski definition) is 3. The van der Waals surface area contributed by atoms with Crippen molar-refractivity contribution in [3.8, 4) is 0 Å². The summed E-state index contributed by atoms with van der Waals surface area (Å²) in [4.78, 5) is 18.2. The van der Waals surface area contributed by atoms with Gasteiger partial charge in [-0.05, 0) is 57.2 Å². The average Bonchev–Trinajstić information content (AvgIpc) is 3.22. The highest BCUT2D eigenvalue weighted by atomic mass is 32.2. The van der Waals surface area contributed by atoms with Crippen molar-refractivity contribution >= 4 is 39.5 Å². The number of rotatable bonds is 10. The number of thioether (sulfide) groups is 1. The summed E-state index contributed by atoms with van der Waals surface area (Å²) >= 11 is 2.78. The van der Waals surface area contributed by atoms with Crippen LogP contribution in [0.3, 0.4) is 0 Å². The first-order valence-corrected chi connectivity index (χ1v) is 13.1. The monoisotopic (exact) mass is 508 g/mol. The molecule has 0 spiro atoms. The standard InChI is InChI=1S/C21H24N4O5S3/c1-14-12-15(24-30-14)13-31-21(2,3)19(20(26)23-27)25-33(28,29)18-6-4-16(5-7-18)32-17-8-10-22-11-9-17/h4-12,19,25,27H,13H2,1-3H3,(H,23,26). The van der Waals surface area contributed by atoms with Gasteiger partial charge >= 0.3 is 0 Å². The smallest absolute Gasteiger partial charge is 0.262 e. The van der Waals surface area contributed by atoms with E-state index in [1.165, 1.54) is 35.7 Å². The van der Waals surface area contributed by atoms with E-state index in [0.717, 1.165) is 9.79 Å². The quantitative estimate of drug-likeness (QED) is 0.278. The topological polar surface area (TPSA) is 134 Å². The highest BCUT2D eigenvalue weighted by molar-refractivity contribution is 8.00. The second kappa shape index (κ2) is 10.7. The predicted octanol–water partition coefficient (Wildman–Crippen LogP) is 3.39. The fraction of sp³-hybridized carbons (Fsp3) is 0.286. The van der Waals surface area contributed by atoms with Gasteiger partial charge in [0.25, 0.3) is 5.91 Å². The highest BCUT2D eigenvalue weighted by Gasteiger charge is 2.39. The molecule has 0 saturated carbocycles. The number of hydroxylamine groups is 1. The summed E-state index contributed by atoms with van der Waals surface area (Å²) in [6.45, 7) is 5.19. The number of nitrogens with zero attached hydrogens (tertiary/aromatic N) is 2. The lowest BCUT2D eigenvalue weighted by molar-refractivity contribution is -0.131. The molecule has 1 aromatic carbocycles. The summed E-state index contributed by atoms with van der Waals surface area (Å²) in [5.41, 5.74) is 2.23. The molecule has 0 bridgehead atoms. The first kappa shape index (κ1) is 25.2. The second-order valence-electron chi connectivity index (χ2n) is 7.61. The molecule has 0 saturated heterocycles. The van der Waals surface area contributed by atoms with Crippen molar-refractivity contribution in [2.45, 2.75) is 52.0 Å². The maximum Gasteiger partial charge on any atom is 0.262 e. The van der Waals surface area contributed by atoms with Crippen LogP contribution in [0.1, 0.15) is 25.3 Å². The molecule has 33 heavy (non-hydrogen) atoms. The largest absolute Gasteiger partial charge is 0.361 e. The molecule has 0 aliphatic carbocycles. The number of amides is 1. The van der Waals surface area contributed by atoms with E-state index in [1.54, 1.807) is 56.8 Å². The fourth-order valence-corrected chi connectivity index (χ4v) is 6.07. The van der Waals surface area contributed by atoms with Gasteiger partial charge in [-0.2, -0.15) is 4.72 Å². The Bertz CT molecular complexity index is 1180. The molecule has 3 N–H and O–H groups in total. The molecule has 9 nitrogen and oxygen atoms in total. The number of carbonyl (C=O) groups excluding carboxylic acids is 1. The Kier molecular flexibility index (Phi) is 8.19. The summed E-state index contributed by atoms with van der Waals surface area (Å²) in [7, 11) is -4.05. The third kappa shape index (κ3) is 6.81. The molecule has 0 aliphatic rings. The minimum absolute atomic E-state index is 0.00486. The molecule has 3 aromatic rings. The van der Waals surface area contributed by atoms with Crippen LogP contribution in [0.15, 0.2) is 74.1 Å². The number of benzene rings is 1. The van der Waals surface area contributed by atoms with E-state index in [9.17, 15) is 18.4 Å². The zero-order chi connectivity index (χ0) is 24.1. The first-order valence-electron chi connectivity index (χ1n) is 9.81. The number of carbonyl (C=O) groups is 1. The van der Waals surface area contributed by atoms with E-state index in [1.807, 2.05) is 12.1 Å². The van der Waals surface area contributed by atoms with Gasteiger partial charge in [-0.3, -0.25) is 15.0 Å². The van der Waals surface area contributed by atoms with Gasteiger partial charge in [-0.25, -0.2) is 13.9 Å². The van der Waals surface area contributed by atoms with Gasteiger partial charge in [0.1, 0.15) is 11.8 Å². The van der Waals surface area contributed by atoms with Crippen molar-refractivity contribution in [2.75, 3.05) is 0 Å². The van der Waals surface area contributed by atoms with E-state index in [4.69, 9.17) is 4.52 Å². The van der Waals surface area contributed by atoms with Gasteiger partial charge in [-0.1, -0.05) is 16.9 Å². The lowest BCUT2D eigenvalue weighted by Gasteiger charge is -2.32. The Hall–Kier alpha value is -2.38. The predicted molar refractivity (Wildman–Crippen MR) is 125 cm³/mol. The maximum absolute atomic E-state index is 13.0. The van der Waals surface area contributed by atoms with Crippen LogP contribution in [0.4, 0.5) is 0 Å². The number of pyridine rings is 1. The van der Waals surface area contributed by atoms with Crippen molar-refractivity contribution in [3.05, 3.63) is 66.3 Å². The fourth-order valence-electron chi connectivity index (χ4n) is 2.86. The van der Waals surface area contributed by atoms with Crippen LogP contribution in [-0.4, -0.2) is 40.5 Å². The average molecular weight is 509 g/mol. The number of aromatic nitrogens is 2. The van der Waals surface area contributed by atoms with Crippen molar-refractivity contribution in [1.29, 1.82) is 0 Å². The molecule has 1 unspecified atom stereocenters. The van der Waals surface area contributed by atoms with E-state index in [-0.39, 0.29) is 4.90 Å². The Labute approximate surface area is 200 Å². The van der Waals surface area contributed by atoms with Crippen LogP contribution in [0, 0.1) is 6.92 Å². The zero-order valence-electron chi connectivity index (χ0n) is 18.2.